The first-order chi connectivity index (χ1) is 11.3. The number of amides is 3. The van der Waals surface area contributed by atoms with Crippen molar-refractivity contribution >= 4 is 47.8 Å². The fourth-order valence-electron chi connectivity index (χ4n) is 2.30. The molecule has 1 aromatic carbocycles. The number of nitrogens with one attached hydrogen (secondary N) is 2. The van der Waals surface area contributed by atoms with Crippen molar-refractivity contribution in [2.45, 2.75) is 24.5 Å². The lowest BCUT2D eigenvalue weighted by Crippen LogP contribution is -2.45. The number of urea groups is 1. The number of nitrogens with zero attached hydrogens (tertiary/aromatic N) is 2. The molecule has 0 fully saturated rings. The van der Waals surface area contributed by atoms with Gasteiger partial charge in [-0.15, -0.1) is 12.6 Å². The van der Waals surface area contributed by atoms with Crippen molar-refractivity contribution in [3.05, 3.63) is 45.7 Å². The second-order valence-corrected chi connectivity index (χ2v) is 6.07. The number of carbonyl (C=O) groups excluding carboxylic acids is 2. The van der Waals surface area contributed by atoms with Gasteiger partial charge in [-0.05, 0) is 24.1 Å². The molecule has 128 valence electrons. The molecule has 1 atom stereocenters. The molecule has 1 heterocycles. The van der Waals surface area contributed by atoms with Crippen LogP contribution < -0.4 is 16.6 Å². The van der Waals surface area contributed by atoms with Gasteiger partial charge in [0.15, 0.2) is 5.16 Å². The number of imidazole rings is 1. The Bertz CT molecular complexity index is 781. The summed E-state index contributed by atoms with van der Waals surface area (Å²) in [6.07, 6.45) is 2.01. The summed E-state index contributed by atoms with van der Waals surface area (Å²) in [6.45, 7) is 1.95. The number of thiol groups is 1. The highest BCUT2D eigenvalue weighted by atomic mass is 35.5. The molecule has 2 aromatic rings. The summed E-state index contributed by atoms with van der Waals surface area (Å²) >= 11 is 16.4. The molecule has 0 radical (unpaired) electrons. The van der Waals surface area contributed by atoms with Gasteiger partial charge in [-0.25, -0.2) is 15.2 Å². The van der Waals surface area contributed by atoms with E-state index in [9.17, 15) is 9.59 Å². The van der Waals surface area contributed by atoms with Gasteiger partial charge in [0.1, 0.15) is 5.69 Å². The Hall–Kier alpha value is -1.90. The van der Waals surface area contributed by atoms with Crippen LogP contribution in [-0.2, 0) is 0 Å². The van der Waals surface area contributed by atoms with E-state index in [0.717, 1.165) is 5.56 Å². The van der Waals surface area contributed by atoms with Crippen LogP contribution >= 0.6 is 35.8 Å². The van der Waals surface area contributed by atoms with Crippen LogP contribution in [-0.4, -0.2) is 21.5 Å². The molecule has 0 saturated carbocycles. The number of rotatable bonds is 4. The molecule has 10 heteroatoms. The van der Waals surface area contributed by atoms with Gasteiger partial charge >= 0.3 is 6.03 Å². The van der Waals surface area contributed by atoms with Crippen LogP contribution in [0.2, 0.25) is 10.0 Å². The number of hydrogen-bond donors (Lipinski definition) is 4. The second kappa shape index (κ2) is 7.78. The van der Waals surface area contributed by atoms with E-state index >= 15 is 0 Å². The Kier molecular flexibility index (Phi) is 5.98. The van der Waals surface area contributed by atoms with Crippen molar-refractivity contribution in [2.75, 3.05) is 0 Å². The van der Waals surface area contributed by atoms with Crippen LogP contribution in [0.4, 0.5) is 4.79 Å². The van der Waals surface area contributed by atoms with Crippen LogP contribution in [0.5, 0.6) is 0 Å². The lowest BCUT2D eigenvalue weighted by atomic mass is 10.0. The lowest BCUT2D eigenvalue weighted by molar-refractivity contribution is 0.0925. The van der Waals surface area contributed by atoms with Gasteiger partial charge in [0.2, 0.25) is 0 Å². The Balaban J connectivity index is 2.41. The Morgan fingerprint density at radius 2 is 2.04 bits per heavy atom. The minimum absolute atomic E-state index is 0.215. The quantitative estimate of drug-likeness (QED) is 0.479. The van der Waals surface area contributed by atoms with Gasteiger partial charge in [-0.3, -0.25) is 10.2 Å². The third-order valence-electron chi connectivity index (χ3n) is 3.34. The normalized spacial score (nSPS) is 11.8. The number of benzene rings is 1. The van der Waals surface area contributed by atoms with Crippen molar-refractivity contribution in [3.8, 4) is 0 Å². The van der Waals surface area contributed by atoms with E-state index in [1.54, 1.807) is 16.7 Å². The number of hydrogen-bond acceptors (Lipinski definition) is 4. The van der Waals surface area contributed by atoms with Gasteiger partial charge in [-0.2, -0.15) is 0 Å². The Morgan fingerprint density at radius 1 is 1.33 bits per heavy atom. The first kappa shape index (κ1) is 18.4. The van der Waals surface area contributed by atoms with Gasteiger partial charge in [-0.1, -0.05) is 36.2 Å². The monoisotopic (exact) mass is 387 g/mol. The molecule has 3 amide bonds. The van der Waals surface area contributed by atoms with E-state index in [-0.39, 0.29) is 11.7 Å². The maximum atomic E-state index is 12.2. The lowest BCUT2D eigenvalue weighted by Gasteiger charge is -2.21. The maximum absolute atomic E-state index is 12.2. The van der Waals surface area contributed by atoms with Gasteiger partial charge in [0, 0.05) is 0 Å². The first-order valence-corrected chi connectivity index (χ1v) is 8.12. The van der Waals surface area contributed by atoms with E-state index in [0.29, 0.717) is 21.6 Å². The minimum atomic E-state index is -0.878. The zero-order valence-electron chi connectivity index (χ0n) is 12.6. The van der Waals surface area contributed by atoms with E-state index in [1.807, 2.05) is 18.4 Å². The molecule has 0 bridgehead atoms. The van der Waals surface area contributed by atoms with Gasteiger partial charge in [0.05, 0.1) is 22.3 Å². The molecule has 0 aliphatic carbocycles. The fraction of sp³-hybridized carbons (Fsp3) is 0.214. The predicted molar refractivity (Wildman–Crippen MR) is 94.6 cm³/mol. The molecule has 1 aromatic heterocycles. The summed E-state index contributed by atoms with van der Waals surface area (Å²) in [5.74, 6) is -0.569. The second-order valence-electron chi connectivity index (χ2n) is 4.85. The number of aromatic nitrogens is 2. The van der Waals surface area contributed by atoms with Crippen molar-refractivity contribution in [1.82, 2.24) is 20.4 Å². The number of primary amides is 1. The maximum Gasteiger partial charge on any atom is 0.330 e. The van der Waals surface area contributed by atoms with Crippen LogP contribution in [0.1, 0.15) is 35.4 Å². The molecule has 0 aliphatic heterocycles. The van der Waals surface area contributed by atoms with Crippen molar-refractivity contribution in [1.29, 1.82) is 0 Å². The third kappa shape index (κ3) is 3.95. The van der Waals surface area contributed by atoms with Crippen molar-refractivity contribution < 1.29 is 9.59 Å². The molecular weight excluding hydrogens is 373 g/mol. The summed E-state index contributed by atoms with van der Waals surface area (Å²) in [5.41, 5.74) is 10.2. The highest BCUT2D eigenvalue weighted by molar-refractivity contribution is 7.80. The highest BCUT2D eigenvalue weighted by Crippen LogP contribution is 2.31. The third-order valence-corrected chi connectivity index (χ3v) is 4.41. The van der Waals surface area contributed by atoms with Crippen LogP contribution in [0.3, 0.4) is 0 Å². The van der Waals surface area contributed by atoms with E-state index in [2.05, 4.69) is 23.0 Å². The molecule has 2 rings (SSSR count). The van der Waals surface area contributed by atoms with Crippen LogP contribution in [0.15, 0.2) is 29.6 Å². The average Bonchev–Trinajstić information content (AvgIpc) is 2.91. The van der Waals surface area contributed by atoms with Crippen molar-refractivity contribution in [2.24, 2.45) is 5.73 Å². The predicted octanol–water partition coefficient (Wildman–Crippen LogP) is 2.79. The average molecular weight is 388 g/mol. The molecule has 24 heavy (non-hydrogen) atoms. The molecule has 4 N–H and O–H groups in total. The van der Waals surface area contributed by atoms with E-state index in [1.165, 1.54) is 6.20 Å². The van der Waals surface area contributed by atoms with Gasteiger partial charge < -0.3 is 10.3 Å². The van der Waals surface area contributed by atoms with Crippen LogP contribution in [0, 0.1) is 0 Å². The number of carbonyl (C=O) groups is 2. The molecular formula is C14H15Cl2N5O2S. The zero-order chi connectivity index (χ0) is 17.9. The van der Waals surface area contributed by atoms with E-state index in [4.69, 9.17) is 28.9 Å². The van der Waals surface area contributed by atoms with Crippen LogP contribution in [0.25, 0.3) is 0 Å². The van der Waals surface area contributed by atoms with Gasteiger partial charge in [0.25, 0.3) is 5.91 Å². The standard InChI is InChI=1S/C14H15Cl2N5O2S/c1-2-10(7-3-4-8(15)9(16)5-7)21-11(6-18-14(21)24)12(22)19-20-13(17)23/h3-6,10H,2H2,1H3,(H,18,24)(H,19,22)(H3,17,20,23). The minimum Gasteiger partial charge on any atom is -0.350 e. The number of halogens is 2. The molecule has 7 nitrogen and oxygen atoms in total. The molecule has 0 saturated heterocycles. The smallest absolute Gasteiger partial charge is 0.330 e. The van der Waals surface area contributed by atoms with Crippen molar-refractivity contribution in [3.63, 3.8) is 0 Å². The summed E-state index contributed by atoms with van der Waals surface area (Å²) in [6, 6.07) is 4.11. The first-order valence-electron chi connectivity index (χ1n) is 6.92. The topological polar surface area (TPSA) is 102 Å². The highest BCUT2D eigenvalue weighted by Gasteiger charge is 2.23. The summed E-state index contributed by atoms with van der Waals surface area (Å²) in [4.78, 5) is 27.0. The molecule has 0 aliphatic rings. The summed E-state index contributed by atoms with van der Waals surface area (Å²) < 4.78 is 1.64. The largest absolute Gasteiger partial charge is 0.350 e. The molecule has 0 spiro atoms. The molecule has 1 unspecified atom stereocenters. The SMILES string of the molecule is CCC(c1ccc(Cl)c(Cl)c1)n1c(C(=O)NNC(N)=O)cnc1S. The fourth-order valence-corrected chi connectivity index (χ4v) is 2.91. The zero-order valence-corrected chi connectivity index (χ0v) is 15.0. The summed E-state index contributed by atoms with van der Waals surface area (Å²) in [7, 11) is 0. The summed E-state index contributed by atoms with van der Waals surface area (Å²) in [5, 5.41) is 1.20. The Morgan fingerprint density at radius 3 is 2.62 bits per heavy atom. The number of hydrazine groups is 1. The number of nitrogens with two attached hydrogens (primary N) is 1. The Labute approximate surface area is 153 Å². The van der Waals surface area contributed by atoms with E-state index < -0.39 is 11.9 Å².